The summed E-state index contributed by atoms with van der Waals surface area (Å²) in [7, 11) is -3.92. The Balaban J connectivity index is 1.31. The van der Waals surface area contributed by atoms with Gasteiger partial charge in [-0.05, 0) is 73.5 Å². The van der Waals surface area contributed by atoms with Gasteiger partial charge in [-0.2, -0.15) is 0 Å². The predicted octanol–water partition coefficient (Wildman–Crippen LogP) is 2.96. The van der Waals surface area contributed by atoms with Crippen molar-refractivity contribution in [1.29, 1.82) is 0 Å². The molecular weight excluding hydrogens is 473 g/mol. The van der Waals surface area contributed by atoms with Crippen molar-refractivity contribution in [2.24, 2.45) is 5.92 Å². The molecule has 0 unspecified atom stereocenters. The Morgan fingerprint density at radius 3 is 2.17 bits per heavy atom. The average Bonchev–Trinajstić information content (AvgIpc) is 2.84. The molecule has 35 heavy (non-hydrogen) atoms. The van der Waals surface area contributed by atoms with Gasteiger partial charge in [-0.1, -0.05) is 0 Å². The number of nitrogens with one attached hydrogen (secondary N) is 2. The number of hydrogen-bond acceptors (Lipinski definition) is 7. The van der Waals surface area contributed by atoms with Crippen molar-refractivity contribution in [2.45, 2.75) is 24.7 Å². The fourth-order valence-corrected chi connectivity index (χ4v) is 4.84. The monoisotopic (exact) mass is 497 g/mol. The number of sulfonamides is 1. The summed E-state index contributed by atoms with van der Waals surface area (Å²) in [4.78, 5) is 25.8. The third kappa shape index (κ3) is 5.99. The van der Waals surface area contributed by atoms with Crippen LogP contribution in [-0.4, -0.2) is 43.5 Å². The van der Waals surface area contributed by atoms with E-state index in [9.17, 15) is 22.4 Å². The molecule has 1 aliphatic heterocycles. The maximum absolute atomic E-state index is 13.1. The van der Waals surface area contributed by atoms with Gasteiger partial charge in [0, 0.05) is 37.2 Å². The molecule has 11 heteroatoms. The van der Waals surface area contributed by atoms with Gasteiger partial charge in [-0.15, -0.1) is 10.2 Å². The number of carbonyl (C=O) groups excluding carboxylic acids is 2. The quantitative estimate of drug-likeness (QED) is 0.537. The van der Waals surface area contributed by atoms with E-state index in [4.69, 9.17) is 0 Å². The second-order valence-electron chi connectivity index (χ2n) is 8.22. The van der Waals surface area contributed by atoms with Gasteiger partial charge in [0.25, 0.3) is 10.0 Å². The van der Waals surface area contributed by atoms with E-state index in [1.54, 1.807) is 12.1 Å². The molecular formula is C24H24FN5O4S. The molecule has 2 heterocycles. The highest BCUT2D eigenvalue weighted by molar-refractivity contribution is 7.90. The first-order valence-electron chi connectivity index (χ1n) is 11.0. The van der Waals surface area contributed by atoms with Crippen molar-refractivity contribution in [1.82, 2.24) is 14.9 Å². The Morgan fingerprint density at radius 1 is 0.943 bits per heavy atom. The van der Waals surface area contributed by atoms with Crippen LogP contribution in [0.5, 0.6) is 0 Å². The lowest BCUT2D eigenvalue weighted by atomic mass is 9.96. The van der Waals surface area contributed by atoms with E-state index in [0.29, 0.717) is 43.1 Å². The lowest BCUT2D eigenvalue weighted by molar-refractivity contribution is -0.120. The zero-order valence-corrected chi connectivity index (χ0v) is 19.8. The van der Waals surface area contributed by atoms with Crippen molar-refractivity contribution in [3.8, 4) is 11.3 Å². The van der Waals surface area contributed by atoms with Crippen molar-refractivity contribution >= 4 is 33.3 Å². The lowest BCUT2D eigenvalue weighted by Crippen LogP contribution is -2.38. The summed E-state index contributed by atoms with van der Waals surface area (Å²) in [5, 5.41) is 11.4. The highest BCUT2D eigenvalue weighted by Gasteiger charge is 2.26. The maximum Gasteiger partial charge on any atom is 0.264 e. The normalized spacial score (nSPS) is 14.4. The zero-order valence-electron chi connectivity index (χ0n) is 18.9. The Hall–Kier alpha value is -3.86. The van der Waals surface area contributed by atoms with Crippen molar-refractivity contribution < 1.29 is 22.4 Å². The molecule has 0 saturated carbocycles. The standard InChI is InChI=1S/C24H24FN5O4S/c1-16(31)29-35(33,34)21-8-6-20(7-9-21)26-24(32)18-12-14-30(15-13-18)23-11-10-22(27-28-23)17-2-4-19(25)5-3-17/h2-11,18H,12-15H2,1H3,(H,26,32)(H,29,31). The van der Waals surface area contributed by atoms with Crippen LogP contribution in [0.3, 0.4) is 0 Å². The van der Waals surface area contributed by atoms with Crippen LogP contribution >= 0.6 is 0 Å². The molecule has 182 valence electrons. The average molecular weight is 498 g/mol. The number of hydrogen-bond donors (Lipinski definition) is 2. The predicted molar refractivity (Wildman–Crippen MR) is 128 cm³/mol. The fraction of sp³-hybridized carbons (Fsp3) is 0.250. The summed E-state index contributed by atoms with van der Waals surface area (Å²) < 4.78 is 39.1. The number of piperidine rings is 1. The molecule has 0 aliphatic carbocycles. The third-order valence-electron chi connectivity index (χ3n) is 5.69. The first-order chi connectivity index (χ1) is 16.7. The van der Waals surface area contributed by atoms with E-state index in [-0.39, 0.29) is 22.5 Å². The summed E-state index contributed by atoms with van der Waals surface area (Å²) in [6.07, 6.45) is 1.25. The molecule has 1 fully saturated rings. The van der Waals surface area contributed by atoms with Crippen molar-refractivity contribution in [2.75, 3.05) is 23.3 Å². The SMILES string of the molecule is CC(=O)NS(=O)(=O)c1ccc(NC(=O)C2CCN(c3ccc(-c4ccc(F)cc4)nn3)CC2)cc1. The van der Waals surface area contributed by atoms with Crippen LogP contribution in [0.2, 0.25) is 0 Å². The summed E-state index contributed by atoms with van der Waals surface area (Å²) in [6.45, 7) is 2.39. The fourth-order valence-electron chi connectivity index (χ4n) is 3.85. The van der Waals surface area contributed by atoms with Crippen LogP contribution in [-0.2, 0) is 19.6 Å². The molecule has 0 bridgehead atoms. The molecule has 1 saturated heterocycles. The van der Waals surface area contributed by atoms with Crippen LogP contribution in [0, 0.1) is 11.7 Å². The second-order valence-corrected chi connectivity index (χ2v) is 9.90. The third-order valence-corrected chi connectivity index (χ3v) is 7.14. The number of aromatic nitrogens is 2. The Kier molecular flexibility index (Phi) is 7.06. The molecule has 0 spiro atoms. The van der Waals surface area contributed by atoms with E-state index in [2.05, 4.69) is 20.4 Å². The van der Waals surface area contributed by atoms with Crippen LogP contribution < -0.4 is 14.9 Å². The number of nitrogens with zero attached hydrogens (tertiary/aromatic N) is 3. The van der Waals surface area contributed by atoms with E-state index in [1.807, 2.05) is 16.9 Å². The number of amides is 2. The van der Waals surface area contributed by atoms with Gasteiger partial charge in [0.05, 0.1) is 10.6 Å². The van der Waals surface area contributed by atoms with Gasteiger partial charge < -0.3 is 10.2 Å². The molecule has 0 radical (unpaired) electrons. The van der Waals surface area contributed by atoms with Gasteiger partial charge in [-0.3, -0.25) is 9.59 Å². The van der Waals surface area contributed by atoms with Crippen LogP contribution in [0.25, 0.3) is 11.3 Å². The molecule has 1 aromatic heterocycles. The lowest BCUT2D eigenvalue weighted by Gasteiger charge is -2.31. The van der Waals surface area contributed by atoms with E-state index < -0.39 is 15.9 Å². The minimum absolute atomic E-state index is 0.0643. The first-order valence-corrected chi connectivity index (χ1v) is 12.5. The van der Waals surface area contributed by atoms with Gasteiger partial charge in [-0.25, -0.2) is 17.5 Å². The van der Waals surface area contributed by atoms with Crippen molar-refractivity contribution in [3.05, 3.63) is 66.5 Å². The van der Waals surface area contributed by atoms with Crippen molar-refractivity contribution in [3.63, 3.8) is 0 Å². The highest BCUT2D eigenvalue weighted by Crippen LogP contribution is 2.25. The van der Waals surface area contributed by atoms with Crippen LogP contribution in [0.15, 0.2) is 65.6 Å². The minimum Gasteiger partial charge on any atom is -0.355 e. The summed E-state index contributed by atoms with van der Waals surface area (Å²) in [6, 6.07) is 15.4. The largest absolute Gasteiger partial charge is 0.355 e. The molecule has 3 aromatic rings. The van der Waals surface area contributed by atoms with E-state index in [0.717, 1.165) is 12.5 Å². The smallest absolute Gasteiger partial charge is 0.264 e. The van der Waals surface area contributed by atoms with Crippen LogP contribution in [0.4, 0.5) is 15.9 Å². The van der Waals surface area contributed by atoms with Crippen LogP contribution in [0.1, 0.15) is 19.8 Å². The number of benzene rings is 2. The van der Waals surface area contributed by atoms with E-state index >= 15 is 0 Å². The van der Waals surface area contributed by atoms with Gasteiger partial charge in [0.1, 0.15) is 5.82 Å². The maximum atomic E-state index is 13.1. The van der Waals surface area contributed by atoms with Gasteiger partial charge >= 0.3 is 0 Å². The molecule has 1 aliphatic rings. The topological polar surface area (TPSA) is 121 Å². The second kappa shape index (κ2) is 10.2. The molecule has 4 rings (SSSR count). The molecule has 9 nitrogen and oxygen atoms in total. The number of anilines is 2. The molecule has 2 aromatic carbocycles. The van der Waals surface area contributed by atoms with E-state index in [1.165, 1.54) is 36.4 Å². The Morgan fingerprint density at radius 2 is 1.60 bits per heavy atom. The Labute approximate surface area is 202 Å². The van der Waals surface area contributed by atoms with Gasteiger partial charge in [0.2, 0.25) is 11.8 Å². The first kappa shape index (κ1) is 24.3. The number of carbonyl (C=O) groups is 2. The Bertz CT molecular complexity index is 1310. The highest BCUT2D eigenvalue weighted by atomic mass is 32.2. The minimum atomic E-state index is -3.92. The summed E-state index contributed by atoms with van der Waals surface area (Å²) in [5.41, 5.74) is 1.90. The van der Waals surface area contributed by atoms with Gasteiger partial charge in [0.15, 0.2) is 5.82 Å². The molecule has 2 amide bonds. The zero-order chi connectivity index (χ0) is 25.0. The number of halogens is 1. The summed E-state index contributed by atoms with van der Waals surface area (Å²) >= 11 is 0. The molecule has 0 atom stereocenters. The summed E-state index contributed by atoms with van der Waals surface area (Å²) in [5.74, 6) is -0.605. The number of rotatable bonds is 6. The molecule has 2 N–H and O–H groups in total.